The van der Waals surface area contributed by atoms with E-state index >= 15 is 0 Å². The van der Waals surface area contributed by atoms with Gasteiger partial charge in [0.05, 0.1) is 18.9 Å². The lowest BCUT2D eigenvalue weighted by Gasteiger charge is -2.34. The molecule has 1 atom stereocenters. The molecule has 0 unspecified atom stereocenters. The number of nitrogens with one attached hydrogen (secondary N) is 3. The second-order valence-corrected chi connectivity index (χ2v) is 9.14. The van der Waals surface area contributed by atoms with Crippen LogP contribution < -0.4 is 15.1 Å². The van der Waals surface area contributed by atoms with Crippen molar-refractivity contribution in [3.8, 4) is 0 Å². The third-order valence-corrected chi connectivity index (χ3v) is 7.12. The first-order valence-electron chi connectivity index (χ1n) is 10.2. The van der Waals surface area contributed by atoms with Gasteiger partial charge in [0.25, 0.3) is 5.91 Å². The van der Waals surface area contributed by atoms with Gasteiger partial charge in [0.1, 0.15) is 37.2 Å². The maximum atomic E-state index is 12.7. The first kappa shape index (κ1) is 19.9. The van der Waals surface area contributed by atoms with Gasteiger partial charge in [-0.3, -0.25) is 4.79 Å². The summed E-state index contributed by atoms with van der Waals surface area (Å²) in [6.07, 6.45) is 1.53. The SMILES string of the molecule is Cc1sc(NC(=O)c2ccco2)c([C@@H](c2ccccc2)[NH+]2CC[NH+](C)CC2)c1C. The van der Waals surface area contributed by atoms with Crippen LogP contribution in [0.1, 0.15) is 38.2 Å². The fourth-order valence-electron chi connectivity index (χ4n) is 4.20. The fourth-order valence-corrected chi connectivity index (χ4v) is 5.29. The van der Waals surface area contributed by atoms with Crippen molar-refractivity contribution in [3.63, 3.8) is 0 Å². The zero-order chi connectivity index (χ0) is 20.4. The largest absolute Gasteiger partial charge is 0.459 e. The van der Waals surface area contributed by atoms with Crippen molar-refractivity contribution in [2.24, 2.45) is 0 Å². The molecule has 0 radical (unpaired) electrons. The predicted molar refractivity (Wildman–Crippen MR) is 116 cm³/mol. The summed E-state index contributed by atoms with van der Waals surface area (Å²) in [5.41, 5.74) is 3.82. The highest BCUT2D eigenvalue weighted by Crippen LogP contribution is 2.38. The van der Waals surface area contributed by atoms with E-state index in [1.807, 2.05) is 0 Å². The zero-order valence-electron chi connectivity index (χ0n) is 17.2. The van der Waals surface area contributed by atoms with Gasteiger partial charge >= 0.3 is 0 Å². The maximum absolute atomic E-state index is 12.7. The number of likely N-dealkylation sites (N-methyl/N-ethyl adjacent to an activating group) is 1. The molecule has 1 aliphatic rings. The van der Waals surface area contributed by atoms with E-state index in [0.717, 1.165) is 31.2 Å². The molecule has 0 bridgehead atoms. The summed E-state index contributed by atoms with van der Waals surface area (Å²) in [5, 5.41) is 4.08. The van der Waals surface area contributed by atoms with Crippen LogP contribution in [0.15, 0.2) is 53.1 Å². The molecule has 6 heteroatoms. The molecular weight excluding hydrogens is 382 g/mol. The van der Waals surface area contributed by atoms with E-state index in [4.69, 9.17) is 4.42 Å². The zero-order valence-corrected chi connectivity index (χ0v) is 18.1. The molecular formula is C23H29N3O2S+2. The van der Waals surface area contributed by atoms with Gasteiger partial charge in [0, 0.05) is 10.4 Å². The van der Waals surface area contributed by atoms with Crippen LogP contribution in [0.3, 0.4) is 0 Å². The van der Waals surface area contributed by atoms with Crippen LogP contribution in [-0.2, 0) is 0 Å². The molecule has 5 nitrogen and oxygen atoms in total. The van der Waals surface area contributed by atoms with Crippen molar-refractivity contribution in [3.05, 3.63) is 76.1 Å². The summed E-state index contributed by atoms with van der Waals surface area (Å²) >= 11 is 1.66. The van der Waals surface area contributed by atoms with E-state index < -0.39 is 0 Å². The molecule has 2 aromatic heterocycles. The Hall–Kier alpha value is -2.41. The number of rotatable bonds is 5. The summed E-state index contributed by atoms with van der Waals surface area (Å²) in [4.78, 5) is 17.1. The molecule has 3 heterocycles. The Bertz CT molecular complexity index is 958. The average molecular weight is 412 g/mol. The molecule has 0 spiro atoms. The van der Waals surface area contributed by atoms with Gasteiger partial charge in [-0.15, -0.1) is 11.3 Å². The summed E-state index contributed by atoms with van der Waals surface area (Å²) in [6, 6.07) is 14.4. The lowest BCUT2D eigenvalue weighted by molar-refractivity contribution is -1.02. The first-order valence-corrected chi connectivity index (χ1v) is 11.0. The van der Waals surface area contributed by atoms with E-state index in [2.05, 4.69) is 56.5 Å². The van der Waals surface area contributed by atoms with E-state index in [0.29, 0.717) is 5.76 Å². The normalized spacial score (nSPS) is 20.4. The molecule has 1 aliphatic heterocycles. The number of carbonyl (C=O) groups is 1. The highest BCUT2D eigenvalue weighted by Gasteiger charge is 2.35. The van der Waals surface area contributed by atoms with E-state index in [-0.39, 0.29) is 11.9 Å². The van der Waals surface area contributed by atoms with Gasteiger partial charge in [-0.25, -0.2) is 0 Å². The number of piperazine rings is 1. The summed E-state index contributed by atoms with van der Waals surface area (Å²) in [7, 11) is 2.27. The Kier molecular flexibility index (Phi) is 5.85. The van der Waals surface area contributed by atoms with E-state index in [9.17, 15) is 4.79 Å². The lowest BCUT2D eigenvalue weighted by atomic mass is 9.94. The van der Waals surface area contributed by atoms with Crippen LogP contribution in [0.2, 0.25) is 0 Å². The van der Waals surface area contributed by atoms with Crippen molar-refractivity contribution >= 4 is 22.2 Å². The number of aryl methyl sites for hydroxylation is 1. The molecule has 1 saturated heterocycles. The smallest absolute Gasteiger partial charge is 0.291 e. The Morgan fingerprint density at radius 2 is 1.79 bits per heavy atom. The Morgan fingerprint density at radius 3 is 2.45 bits per heavy atom. The second-order valence-electron chi connectivity index (χ2n) is 7.92. The number of amides is 1. The van der Waals surface area contributed by atoms with Crippen LogP contribution in [0.5, 0.6) is 0 Å². The topological polar surface area (TPSA) is 51.1 Å². The minimum atomic E-state index is -0.192. The van der Waals surface area contributed by atoms with Crippen molar-refractivity contribution in [1.29, 1.82) is 0 Å². The van der Waals surface area contributed by atoms with Crippen LogP contribution in [-0.4, -0.2) is 39.1 Å². The first-order chi connectivity index (χ1) is 14.0. The quantitative estimate of drug-likeness (QED) is 0.599. The summed E-state index contributed by atoms with van der Waals surface area (Å²) in [6.45, 7) is 8.87. The molecule has 3 aromatic rings. The number of quaternary nitrogens is 2. The Morgan fingerprint density at radius 1 is 1.07 bits per heavy atom. The molecule has 1 fully saturated rings. The van der Waals surface area contributed by atoms with Gasteiger partial charge in [-0.05, 0) is 31.5 Å². The van der Waals surface area contributed by atoms with Gasteiger partial charge in [0.15, 0.2) is 5.76 Å². The molecule has 3 N–H and O–H groups in total. The molecule has 4 rings (SSSR count). The number of thiophene rings is 1. The third-order valence-electron chi connectivity index (χ3n) is 5.98. The van der Waals surface area contributed by atoms with Gasteiger partial charge in [-0.2, -0.15) is 0 Å². The van der Waals surface area contributed by atoms with Crippen molar-refractivity contribution in [1.82, 2.24) is 0 Å². The number of carbonyl (C=O) groups excluding carboxylic acids is 1. The maximum Gasteiger partial charge on any atom is 0.291 e. The lowest BCUT2D eigenvalue weighted by Crippen LogP contribution is -3.27. The highest BCUT2D eigenvalue weighted by atomic mass is 32.1. The highest BCUT2D eigenvalue weighted by molar-refractivity contribution is 7.16. The van der Waals surface area contributed by atoms with E-state index in [1.165, 1.54) is 27.8 Å². The number of benzene rings is 1. The number of furan rings is 1. The molecule has 152 valence electrons. The summed E-state index contributed by atoms with van der Waals surface area (Å²) < 4.78 is 5.30. The molecule has 1 amide bonds. The fraction of sp³-hybridized carbons (Fsp3) is 0.348. The number of hydrogen-bond donors (Lipinski definition) is 3. The standard InChI is InChI=1S/C23H27N3O2S/c1-16-17(2)29-23(24-22(27)19-10-7-15-28-19)20(16)21(18-8-5-4-6-9-18)26-13-11-25(3)12-14-26/h4-10,15,21H,11-14H2,1-3H3,(H,24,27)/p+2/t21-/m1/s1. The Labute approximate surface area is 175 Å². The van der Waals surface area contributed by atoms with Gasteiger partial charge < -0.3 is 19.5 Å². The monoisotopic (exact) mass is 411 g/mol. The Balaban J connectivity index is 1.75. The van der Waals surface area contributed by atoms with Crippen molar-refractivity contribution in [2.45, 2.75) is 19.9 Å². The predicted octanol–water partition coefficient (Wildman–Crippen LogP) is 1.71. The second kappa shape index (κ2) is 8.53. The van der Waals surface area contributed by atoms with Crippen LogP contribution >= 0.6 is 11.3 Å². The van der Waals surface area contributed by atoms with Gasteiger partial charge in [-0.1, -0.05) is 30.3 Å². The molecule has 0 aliphatic carbocycles. The molecule has 0 saturated carbocycles. The minimum absolute atomic E-state index is 0.192. The minimum Gasteiger partial charge on any atom is -0.459 e. The van der Waals surface area contributed by atoms with E-state index in [1.54, 1.807) is 33.3 Å². The average Bonchev–Trinajstić information content (AvgIpc) is 3.35. The number of hydrogen-bond acceptors (Lipinski definition) is 3. The van der Waals surface area contributed by atoms with Crippen LogP contribution in [0, 0.1) is 13.8 Å². The van der Waals surface area contributed by atoms with Crippen molar-refractivity contribution in [2.75, 3.05) is 38.5 Å². The summed E-state index contributed by atoms with van der Waals surface area (Å²) in [5.74, 6) is 0.147. The van der Waals surface area contributed by atoms with Crippen LogP contribution in [0.25, 0.3) is 0 Å². The third kappa shape index (κ3) is 4.15. The number of anilines is 1. The van der Waals surface area contributed by atoms with Gasteiger partial charge in [0.2, 0.25) is 0 Å². The van der Waals surface area contributed by atoms with Crippen molar-refractivity contribution < 1.29 is 19.0 Å². The molecule has 29 heavy (non-hydrogen) atoms. The van der Waals surface area contributed by atoms with Crippen LogP contribution in [0.4, 0.5) is 5.00 Å². The molecule has 1 aromatic carbocycles.